The van der Waals surface area contributed by atoms with Crippen LogP contribution in [0.4, 0.5) is 0 Å². The summed E-state index contributed by atoms with van der Waals surface area (Å²) in [6, 6.07) is 0. The average Bonchev–Trinajstić information content (AvgIpc) is 2.11. The zero-order valence-electron chi connectivity index (χ0n) is 10.7. The van der Waals surface area contributed by atoms with Crippen LogP contribution < -0.4 is 0 Å². The van der Waals surface area contributed by atoms with Gasteiger partial charge in [-0.25, -0.2) is 0 Å². The molecular formula is C13H24O2. The van der Waals surface area contributed by atoms with E-state index < -0.39 is 0 Å². The van der Waals surface area contributed by atoms with Crippen LogP contribution in [0.25, 0.3) is 0 Å². The number of hydrogen-bond donors (Lipinski definition) is 0. The smallest absolute Gasteiger partial charge is 0.308 e. The van der Waals surface area contributed by atoms with Gasteiger partial charge >= 0.3 is 5.97 Å². The van der Waals surface area contributed by atoms with Crippen LogP contribution in [0.5, 0.6) is 0 Å². The van der Waals surface area contributed by atoms with Crippen molar-refractivity contribution in [1.82, 2.24) is 0 Å². The Morgan fingerprint density at radius 1 is 1.40 bits per heavy atom. The van der Waals surface area contributed by atoms with Gasteiger partial charge in [-0.05, 0) is 30.6 Å². The molecule has 0 aliphatic heterocycles. The monoisotopic (exact) mass is 212 g/mol. The molecule has 1 aliphatic rings. The Morgan fingerprint density at radius 2 is 2.00 bits per heavy atom. The van der Waals surface area contributed by atoms with E-state index in [1.807, 2.05) is 13.8 Å². The van der Waals surface area contributed by atoms with Crippen molar-refractivity contribution in [3.8, 4) is 0 Å². The summed E-state index contributed by atoms with van der Waals surface area (Å²) in [5.41, 5.74) is 0.328. The maximum absolute atomic E-state index is 11.5. The summed E-state index contributed by atoms with van der Waals surface area (Å²) in [7, 11) is 0. The lowest BCUT2D eigenvalue weighted by atomic mass is 9.72. The Morgan fingerprint density at radius 3 is 2.53 bits per heavy atom. The molecule has 1 rings (SSSR count). The van der Waals surface area contributed by atoms with Crippen molar-refractivity contribution in [2.75, 3.05) is 0 Å². The van der Waals surface area contributed by atoms with Gasteiger partial charge in [0.1, 0.15) is 6.10 Å². The minimum atomic E-state index is -0.0513. The quantitative estimate of drug-likeness (QED) is 0.656. The van der Waals surface area contributed by atoms with Gasteiger partial charge in [0.2, 0.25) is 0 Å². The highest BCUT2D eigenvalue weighted by Crippen LogP contribution is 2.39. The molecule has 0 amide bonds. The molecule has 0 aromatic carbocycles. The summed E-state index contributed by atoms with van der Waals surface area (Å²) in [5, 5.41) is 0. The van der Waals surface area contributed by atoms with E-state index in [9.17, 15) is 4.79 Å². The molecule has 1 fully saturated rings. The highest BCUT2D eigenvalue weighted by molar-refractivity contribution is 5.71. The SMILES string of the molecule is CC(C)C(=O)OC1CC(C)(C)CCC1C. The van der Waals surface area contributed by atoms with Gasteiger partial charge in [0, 0.05) is 0 Å². The molecule has 1 saturated carbocycles. The number of ether oxygens (including phenoxy) is 1. The molecule has 2 unspecified atom stereocenters. The van der Waals surface area contributed by atoms with Gasteiger partial charge in [0.05, 0.1) is 5.92 Å². The van der Waals surface area contributed by atoms with Crippen molar-refractivity contribution in [1.29, 1.82) is 0 Å². The first-order valence-electron chi connectivity index (χ1n) is 6.02. The van der Waals surface area contributed by atoms with E-state index in [-0.39, 0.29) is 18.0 Å². The van der Waals surface area contributed by atoms with Crippen molar-refractivity contribution >= 4 is 5.97 Å². The number of esters is 1. The van der Waals surface area contributed by atoms with E-state index in [4.69, 9.17) is 4.74 Å². The lowest BCUT2D eigenvalue weighted by molar-refractivity contribution is -0.159. The summed E-state index contributed by atoms with van der Waals surface area (Å²) in [4.78, 5) is 11.5. The first-order chi connectivity index (χ1) is 6.82. The molecule has 0 heterocycles. The van der Waals surface area contributed by atoms with Crippen LogP contribution in [0, 0.1) is 17.3 Å². The Labute approximate surface area is 93.4 Å². The molecule has 0 N–H and O–H groups in total. The third-order valence-electron chi connectivity index (χ3n) is 3.40. The van der Waals surface area contributed by atoms with Crippen LogP contribution in [0.2, 0.25) is 0 Å². The standard InChI is InChI=1S/C13H24O2/c1-9(2)12(14)15-11-8-13(4,5)7-6-10(11)3/h9-11H,6-8H2,1-5H3. The molecule has 0 aromatic rings. The van der Waals surface area contributed by atoms with Gasteiger partial charge in [-0.3, -0.25) is 4.79 Å². The molecule has 0 radical (unpaired) electrons. The molecule has 0 aromatic heterocycles. The molecule has 2 atom stereocenters. The van der Waals surface area contributed by atoms with E-state index in [1.54, 1.807) is 0 Å². The van der Waals surface area contributed by atoms with E-state index in [2.05, 4.69) is 20.8 Å². The van der Waals surface area contributed by atoms with Gasteiger partial charge in [-0.1, -0.05) is 34.6 Å². The molecule has 0 saturated heterocycles. The average molecular weight is 212 g/mol. The van der Waals surface area contributed by atoms with E-state index in [0.717, 1.165) is 6.42 Å². The summed E-state index contributed by atoms with van der Waals surface area (Å²) in [5.74, 6) is 0.451. The minimum absolute atomic E-state index is 0.0118. The Bertz CT molecular complexity index is 231. The van der Waals surface area contributed by atoms with Gasteiger partial charge in [-0.2, -0.15) is 0 Å². The summed E-state index contributed by atoms with van der Waals surface area (Å²) < 4.78 is 5.56. The van der Waals surface area contributed by atoms with Crippen LogP contribution in [-0.2, 0) is 9.53 Å². The Hall–Kier alpha value is -0.530. The largest absolute Gasteiger partial charge is 0.462 e. The maximum Gasteiger partial charge on any atom is 0.308 e. The summed E-state index contributed by atoms with van der Waals surface area (Å²) in [6.45, 7) is 10.5. The fourth-order valence-electron chi connectivity index (χ4n) is 2.10. The topological polar surface area (TPSA) is 26.3 Å². The highest BCUT2D eigenvalue weighted by Gasteiger charge is 2.35. The lowest BCUT2D eigenvalue weighted by Gasteiger charge is -2.39. The van der Waals surface area contributed by atoms with Crippen LogP contribution in [-0.4, -0.2) is 12.1 Å². The number of hydrogen-bond acceptors (Lipinski definition) is 2. The minimum Gasteiger partial charge on any atom is -0.462 e. The third-order valence-corrected chi connectivity index (χ3v) is 3.40. The van der Waals surface area contributed by atoms with Crippen molar-refractivity contribution < 1.29 is 9.53 Å². The second kappa shape index (κ2) is 4.54. The lowest BCUT2D eigenvalue weighted by Crippen LogP contribution is -2.36. The third kappa shape index (κ3) is 3.51. The first kappa shape index (κ1) is 12.5. The number of rotatable bonds is 2. The predicted octanol–water partition coefficient (Wildman–Crippen LogP) is 3.40. The van der Waals surface area contributed by atoms with Crippen LogP contribution in [0.3, 0.4) is 0 Å². The normalized spacial score (nSPS) is 30.3. The van der Waals surface area contributed by atoms with Crippen molar-refractivity contribution in [2.45, 2.75) is 60.0 Å². The van der Waals surface area contributed by atoms with Gasteiger partial charge in [0.15, 0.2) is 0 Å². The number of carbonyl (C=O) groups excluding carboxylic acids is 1. The zero-order valence-corrected chi connectivity index (χ0v) is 10.7. The fraction of sp³-hybridized carbons (Fsp3) is 0.923. The molecule has 2 heteroatoms. The van der Waals surface area contributed by atoms with Gasteiger partial charge < -0.3 is 4.74 Å². The highest BCUT2D eigenvalue weighted by atomic mass is 16.5. The summed E-state index contributed by atoms with van der Waals surface area (Å²) in [6.07, 6.45) is 3.54. The second-order valence-electron chi connectivity index (χ2n) is 6.01. The van der Waals surface area contributed by atoms with Crippen LogP contribution >= 0.6 is 0 Å². The fourth-order valence-corrected chi connectivity index (χ4v) is 2.10. The van der Waals surface area contributed by atoms with Crippen molar-refractivity contribution in [3.05, 3.63) is 0 Å². The van der Waals surface area contributed by atoms with E-state index >= 15 is 0 Å². The predicted molar refractivity (Wildman–Crippen MR) is 61.5 cm³/mol. The zero-order chi connectivity index (χ0) is 11.6. The molecule has 0 bridgehead atoms. The maximum atomic E-state index is 11.5. The Balaban J connectivity index is 2.55. The van der Waals surface area contributed by atoms with Gasteiger partial charge in [0.25, 0.3) is 0 Å². The first-order valence-corrected chi connectivity index (χ1v) is 6.02. The molecule has 15 heavy (non-hydrogen) atoms. The van der Waals surface area contributed by atoms with Crippen molar-refractivity contribution in [2.24, 2.45) is 17.3 Å². The molecule has 0 spiro atoms. The number of carbonyl (C=O) groups is 1. The molecule has 2 nitrogen and oxygen atoms in total. The molecular weight excluding hydrogens is 188 g/mol. The summed E-state index contributed by atoms with van der Waals surface area (Å²) >= 11 is 0. The van der Waals surface area contributed by atoms with Gasteiger partial charge in [-0.15, -0.1) is 0 Å². The second-order valence-corrected chi connectivity index (χ2v) is 6.01. The molecule has 1 aliphatic carbocycles. The van der Waals surface area contributed by atoms with E-state index in [1.165, 1.54) is 12.8 Å². The van der Waals surface area contributed by atoms with Crippen molar-refractivity contribution in [3.63, 3.8) is 0 Å². The Kier molecular flexibility index (Phi) is 3.80. The van der Waals surface area contributed by atoms with Crippen LogP contribution in [0.15, 0.2) is 0 Å². The van der Waals surface area contributed by atoms with Crippen LogP contribution in [0.1, 0.15) is 53.9 Å². The molecule has 88 valence electrons. The van der Waals surface area contributed by atoms with E-state index in [0.29, 0.717) is 11.3 Å².